The van der Waals surface area contributed by atoms with Gasteiger partial charge >= 0.3 is 0 Å². The molecule has 2 aromatic carbocycles. The Labute approximate surface area is 224 Å². The lowest BCUT2D eigenvalue weighted by Gasteiger charge is -2.11. The van der Waals surface area contributed by atoms with E-state index in [9.17, 15) is 0 Å². The molecule has 186 valence electrons. The molecule has 0 spiro atoms. The van der Waals surface area contributed by atoms with Crippen LogP contribution in [0.5, 0.6) is 11.5 Å². The molecular weight excluding hydrogens is 492 g/mol. The summed E-state index contributed by atoms with van der Waals surface area (Å²) in [7, 11) is 3.15. The third kappa shape index (κ3) is 4.03. The number of aryl methyl sites for hydroxylation is 1. The highest BCUT2D eigenvalue weighted by Gasteiger charge is 2.28. The first-order valence-corrected chi connectivity index (χ1v) is 11.7. The van der Waals surface area contributed by atoms with Crippen molar-refractivity contribution in [2.45, 2.75) is 19.8 Å². The van der Waals surface area contributed by atoms with E-state index in [0.717, 1.165) is 28.1 Å². The largest absolute Gasteiger partial charge is 0.493 e. The summed E-state index contributed by atoms with van der Waals surface area (Å²) < 4.78 is 10.7. The van der Waals surface area contributed by atoms with Crippen LogP contribution in [-0.4, -0.2) is 34.2 Å². The molecule has 0 saturated heterocycles. The van der Waals surface area contributed by atoms with Crippen LogP contribution in [0.2, 0.25) is 0 Å². The van der Waals surface area contributed by atoms with E-state index in [2.05, 4.69) is 19.9 Å². The summed E-state index contributed by atoms with van der Waals surface area (Å²) in [5.41, 5.74) is 8.30. The Hall–Kier alpha value is -5.84. The maximum absolute atomic E-state index is 9.06. The smallest absolute Gasteiger partial charge is 0.177 e. The predicted octanol–water partition coefficient (Wildman–Crippen LogP) is 3.91. The fourth-order valence-corrected chi connectivity index (χ4v) is 4.81. The zero-order chi connectivity index (χ0) is 27.7. The van der Waals surface area contributed by atoms with Crippen molar-refractivity contribution in [3.63, 3.8) is 0 Å². The maximum Gasteiger partial charge on any atom is 0.177 e. The Bertz CT molecular complexity index is 1850. The summed E-state index contributed by atoms with van der Waals surface area (Å²) in [5, 5.41) is 36.0. The molecule has 0 saturated carbocycles. The van der Waals surface area contributed by atoms with Crippen molar-refractivity contribution >= 4 is 0 Å². The van der Waals surface area contributed by atoms with Crippen molar-refractivity contribution in [3.05, 3.63) is 81.2 Å². The SMILES string of the molecule is COc1ccc2c(c1OC)Cc1nc(C#N)c(C#N)nc1-2.Cc1cccc2c1Cc1nc(C#N)c(C#N)nc1-2. The Morgan fingerprint density at radius 2 is 1.15 bits per heavy atom. The van der Waals surface area contributed by atoms with E-state index in [1.165, 1.54) is 11.1 Å². The molecule has 0 aliphatic heterocycles. The number of benzene rings is 2. The second-order valence-corrected chi connectivity index (χ2v) is 8.66. The van der Waals surface area contributed by atoms with Crippen LogP contribution in [0.1, 0.15) is 50.9 Å². The Kier molecular flexibility index (Phi) is 6.31. The van der Waals surface area contributed by atoms with E-state index in [1.807, 2.05) is 55.5 Å². The second-order valence-electron chi connectivity index (χ2n) is 8.66. The fraction of sp³-hybridized carbons (Fsp3) is 0.172. The van der Waals surface area contributed by atoms with Gasteiger partial charge in [-0.25, -0.2) is 19.9 Å². The van der Waals surface area contributed by atoms with Gasteiger partial charge in [-0.15, -0.1) is 0 Å². The van der Waals surface area contributed by atoms with Crippen molar-refractivity contribution in [3.8, 4) is 58.3 Å². The van der Waals surface area contributed by atoms with Gasteiger partial charge in [0.2, 0.25) is 0 Å². The van der Waals surface area contributed by atoms with Gasteiger partial charge in [0.25, 0.3) is 0 Å². The Morgan fingerprint density at radius 1 is 0.641 bits per heavy atom. The number of fused-ring (bicyclic) bond motifs is 6. The molecule has 0 atom stereocenters. The van der Waals surface area contributed by atoms with Crippen LogP contribution in [0, 0.1) is 52.2 Å². The highest BCUT2D eigenvalue weighted by Crippen LogP contribution is 2.44. The van der Waals surface area contributed by atoms with Gasteiger partial charge in [0.05, 0.1) is 37.0 Å². The lowest BCUT2D eigenvalue weighted by atomic mass is 10.0. The van der Waals surface area contributed by atoms with Crippen LogP contribution in [-0.2, 0) is 12.8 Å². The van der Waals surface area contributed by atoms with Crippen LogP contribution in [0.25, 0.3) is 22.5 Å². The molecule has 0 N–H and O–H groups in total. The van der Waals surface area contributed by atoms with E-state index in [1.54, 1.807) is 20.3 Å². The molecule has 2 aliphatic carbocycles. The van der Waals surface area contributed by atoms with Gasteiger partial charge in [-0.2, -0.15) is 21.0 Å². The lowest BCUT2D eigenvalue weighted by Crippen LogP contribution is -1.99. The van der Waals surface area contributed by atoms with Crippen LogP contribution in [0.15, 0.2) is 30.3 Å². The lowest BCUT2D eigenvalue weighted by molar-refractivity contribution is 0.352. The Balaban J connectivity index is 0.000000160. The van der Waals surface area contributed by atoms with Crippen LogP contribution in [0.4, 0.5) is 0 Å². The summed E-state index contributed by atoms with van der Waals surface area (Å²) in [6, 6.07) is 17.3. The number of hydrogen-bond acceptors (Lipinski definition) is 10. The number of methoxy groups -OCH3 is 2. The van der Waals surface area contributed by atoms with E-state index in [-0.39, 0.29) is 22.8 Å². The number of rotatable bonds is 2. The molecule has 0 fully saturated rings. The topological polar surface area (TPSA) is 165 Å². The third-order valence-corrected chi connectivity index (χ3v) is 6.62. The van der Waals surface area contributed by atoms with E-state index in [4.69, 9.17) is 30.5 Å². The van der Waals surface area contributed by atoms with Crippen molar-refractivity contribution in [1.29, 1.82) is 21.0 Å². The molecule has 6 rings (SSSR count). The first kappa shape index (κ1) is 24.8. The number of nitrogens with zero attached hydrogens (tertiary/aromatic N) is 8. The second kappa shape index (κ2) is 9.90. The Morgan fingerprint density at radius 3 is 1.67 bits per heavy atom. The number of nitriles is 4. The quantitative estimate of drug-likeness (QED) is 0.333. The minimum atomic E-state index is 0.0406. The summed E-state index contributed by atoms with van der Waals surface area (Å²) in [6.45, 7) is 2.04. The summed E-state index contributed by atoms with van der Waals surface area (Å²) in [4.78, 5) is 17.0. The van der Waals surface area contributed by atoms with Crippen LogP contribution >= 0.6 is 0 Å². The van der Waals surface area contributed by atoms with Gasteiger partial charge in [0, 0.05) is 29.5 Å². The van der Waals surface area contributed by atoms with Gasteiger partial charge in [0.1, 0.15) is 24.3 Å². The maximum atomic E-state index is 9.06. The van der Waals surface area contributed by atoms with Crippen LogP contribution < -0.4 is 9.47 Å². The van der Waals surface area contributed by atoms with E-state index >= 15 is 0 Å². The zero-order valence-corrected chi connectivity index (χ0v) is 21.2. The molecule has 0 amide bonds. The number of hydrogen-bond donors (Lipinski definition) is 0. The van der Waals surface area contributed by atoms with Gasteiger partial charge < -0.3 is 9.47 Å². The first-order valence-electron chi connectivity index (χ1n) is 11.7. The molecule has 0 radical (unpaired) electrons. The first-order chi connectivity index (χ1) is 19.0. The number of ether oxygens (including phenoxy) is 2. The summed E-state index contributed by atoms with van der Waals surface area (Å²) in [5.74, 6) is 1.26. The summed E-state index contributed by atoms with van der Waals surface area (Å²) >= 11 is 0. The van der Waals surface area contributed by atoms with Crippen molar-refractivity contribution in [2.75, 3.05) is 14.2 Å². The van der Waals surface area contributed by atoms with E-state index in [0.29, 0.717) is 35.7 Å². The fourth-order valence-electron chi connectivity index (χ4n) is 4.81. The average Bonchev–Trinajstić information content (AvgIpc) is 3.53. The van der Waals surface area contributed by atoms with Gasteiger partial charge in [-0.1, -0.05) is 18.2 Å². The van der Waals surface area contributed by atoms with E-state index < -0.39 is 0 Å². The monoisotopic (exact) mass is 510 g/mol. The molecule has 0 bridgehead atoms. The van der Waals surface area contributed by atoms with Crippen molar-refractivity contribution in [2.24, 2.45) is 0 Å². The predicted molar refractivity (Wildman–Crippen MR) is 137 cm³/mol. The van der Waals surface area contributed by atoms with Gasteiger partial charge in [-0.3, -0.25) is 0 Å². The summed E-state index contributed by atoms with van der Waals surface area (Å²) in [6.07, 6.45) is 1.18. The molecule has 4 aromatic rings. The molecule has 10 heteroatoms. The van der Waals surface area contributed by atoms with Crippen LogP contribution in [0.3, 0.4) is 0 Å². The normalized spacial score (nSPS) is 11.2. The highest BCUT2D eigenvalue weighted by molar-refractivity contribution is 5.78. The molecule has 2 aliphatic rings. The third-order valence-electron chi connectivity index (χ3n) is 6.62. The minimum absolute atomic E-state index is 0.0406. The average molecular weight is 511 g/mol. The zero-order valence-electron chi connectivity index (χ0n) is 21.2. The molecule has 0 unspecified atom stereocenters. The van der Waals surface area contributed by atoms with Gasteiger partial charge in [-0.05, 0) is 30.2 Å². The molecule has 2 aromatic heterocycles. The molecule has 2 heterocycles. The minimum Gasteiger partial charge on any atom is -0.493 e. The standard InChI is InChI=1S/C15H10N4O2.C14H8N4/c1-20-13-4-3-8-9(15(13)21-2)5-10-14(8)19-12(7-17)11(6-16)18-10;1-8-3-2-4-9-10(8)5-11-14(9)18-13(7-16)12(6-15)17-11/h3-4H,5H2,1-2H3;2-4H,5H2,1H3. The molecule has 39 heavy (non-hydrogen) atoms. The van der Waals surface area contributed by atoms with Crippen molar-refractivity contribution in [1.82, 2.24) is 19.9 Å². The number of aromatic nitrogens is 4. The van der Waals surface area contributed by atoms with Gasteiger partial charge in [0.15, 0.2) is 34.3 Å². The highest BCUT2D eigenvalue weighted by atomic mass is 16.5. The molecule has 10 nitrogen and oxygen atoms in total. The molecular formula is C29H18N8O2. The van der Waals surface area contributed by atoms with Crippen molar-refractivity contribution < 1.29 is 9.47 Å².